The number of rotatable bonds is 3. The van der Waals surface area contributed by atoms with Gasteiger partial charge in [-0.2, -0.15) is 0 Å². The van der Waals surface area contributed by atoms with E-state index in [-0.39, 0.29) is 17.3 Å². The zero-order chi connectivity index (χ0) is 17.9. The van der Waals surface area contributed by atoms with Crippen molar-refractivity contribution in [2.24, 2.45) is 5.92 Å². The summed E-state index contributed by atoms with van der Waals surface area (Å²) in [5.41, 5.74) is 7.86. The molecular weight excluding hydrogens is 331 g/mol. The zero-order valence-corrected chi connectivity index (χ0v) is 13.3. The first-order valence-electron chi connectivity index (χ1n) is 7.74. The number of benzene rings is 1. The van der Waals surface area contributed by atoms with Crippen LogP contribution in [0.4, 0.5) is 19.0 Å². The van der Waals surface area contributed by atoms with Gasteiger partial charge < -0.3 is 5.73 Å². The van der Waals surface area contributed by atoms with Crippen LogP contribution in [0.5, 0.6) is 0 Å². The number of pyridine rings is 1. The van der Waals surface area contributed by atoms with E-state index in [1.54, 1.807) is 37.4 Å². The maximum absolute atomic E-state index is 13.8. The molecule has 2 N–H and O–H groups in total. The summed E-state index contributed by atoms with van der Waals surface area (Å²) >= 11 is 0. The molecule has 3 aromatic rings. The van der Waals surface area contributed by atoms with Crippen LogP contribution in [-0.4, -0.2) is 21.1 Å². The number of halogens is 3. The Morgan fingerprint density at radius 2 is 2.04 bits per heavy atom. The lowest BCUT2D eigenvalue weighted by molar-refractivity contribution is 0.0753. The molecule has 4 nitrogen and oxygen atoms in total. The van der Waals surface area contributed by atoms with E-state index in [9.17, 15) is 18.0 Å². The molecule has 1 aliphatic rings. The van der Waals surface area contributed by atoms with Gasteiger partial charge in [-0.25, -0.2) is 18.2 Å². The van der Waals surface area contributed by atoms with Crippen LogP contribution in [0.2, 0.25) is 0 Å². The molecule has 2 aromatic heterocycles. The van der Waals surface area contributed by atoms with Gasteiger partial charge >= 0.3 is 0 Å². The highest BCUT2D eigenvalue weighted by Gasteiger charge is 2.61. The Labute approximate surface area is 141 Å². The van der Waals surface area contributed by atoms with Gasteiger partial charge in [0.05, 0.1) is 5.92 Å². The fourth-order valence-electron chi connectivity index (χ4n) is 3.05. The number of nitrogens with two attached hydrogens (primary N) is 1. The number of imidazole rings is 1. The minimum absolute atomic E-state index is 0.0481. The van der Waals surface area contributed by atoms with Crippen LogP contribution in [0.3, 0.4) is 0 Å². The smallest absolute Gasteiger partial charge is 0.259 e. The molecule has 7 heteroatoms. The van der Waals surface area contributed by atoms with E-state index in [2.05, 4.69) is 4.98 Å². The summed E-state index contributed by atoms with van der Waals surface area (Å²) in [6.07, 6.45) is 1.11. The van der Waals surface area contributed by atoms with Crippen LogP contribution in [0.1, 0.15) is 22.5 Å². The van der Waals surface area contributed by atoms with Gasteiger partial charge in [0, 0.05) is 12.6 Å². The predicted octanol–water partition coefficient (Wildman–Crippen LogP) is 3.87. The van der Waals surface area contributed by atoms with E-state index in [1.807, 2.05) is 0 Å². The number of Topliss-reactive ketones (excluding diaryl/α,β-unsaturated/α-hetero) is 1. The van der Waals surface area contributed by atoms with E-state index in [0.717, 1.165) is 0 Å². The van der Waals surface area contributed by atoms with E-state index in [4.69, 9.17) is 5.73 Å². The molecule has 25 heavy (non-hydrogen) atoms. The average Bonchev–Trinajstić information content (AvgIpc) is 3.07. The third-order valence-electron chi connectivity index (χ3n) is 4.60. The van der Waals surface area contributed by atoms with Crippen LogP contribution in [-0.2, 0) is 0 Å². The van der Waals surface area contributed by atoms with Gasteiger partial charge in [0.1, 0.15) is 17.2 Å². The molecule has 1 saturated carbocycles. The number of carbonyl (C=O) groups excluding carboxylic acids is 1. The molecule has 4 rings (SSSR count). The molecule has 0 radical (unpaired) electrons. The lowest BCUT2D eigenvalue weighted by Gasteiger charge is -2.08. The van der Waals surface area contributed by atoms with Crippen molar-refractivity contribution in [3.05, 3.63) is 53.6 Å². The monoisotopic (exact) mass is 345 g/mol. The number of anilines is 1. The average molecular weight is 345 g/mol. The molecular formula is C18H14F3N3O. The fourth-order valence-corrected chi connectivity index (χ4v) is 3.05. The number of fused-ring (bicyclic) bond motifs is 1. The maximum atomic E-state index is 13.8. The Balaban J connectivity index is 1.87. The van der Waals surface area contributed by atoms with Gasteiger partial charge in [-0.05, 0) is 41.8 Å². The Bertz CT molecular complexity index is 1030. The first kappa shape index (κ1) is 15.7. The van der Waals surface area contributed by atoms with Crippen molar-refractivity contribution in [3.8, 4) is 11.1 Å². The third-order valence-corrected chi connectivity index (χ3v) is 4.60. The van der Waals surface area contributed by atoms with Gasteiger partial charge in [-0.15, -0.1) is 0 Å². The topological polar surface area (TPSA) is 60.4 Å². The summed E-state index contributed by atoms with van der Waals surface area (Å²) in [6.45, 7) is 1.65. The Morgan fingerprint density at radius 1 is 1.32 bits per heavy atom. The molecule has 1 fully saturated rings. The summed E-state index contributed by atoms with van der Waals surface area (Å²) in [4.78, 5) is 16.5. The molecule has 0 aliphatic heterocycles. The molecule has 0 amide bonds. The zero-order valence-electron chi connectivity index (χ0n) is 13.3. The van der Waals surface area contributed by atoms with E-state index in [0.29, 0.717) is 22.3 Å². The Morgan fingerprint density at radius 3 is 2.72 bits per heavy atom. The highest BCUT2D eigenvalue weighted by atomic mass is 19.3. The van der Waals surface area contributed by atoms with Gasteiger partial charge in [-0.3, -0.25) is 9.20 Å². The molecule has 1 atom stereocenters. The van der Waals surface area contributed by atoms with Crippen LogP contribution < -0.4 is 5.73 Å². The second-order valence-corrected chi connectivity index (χ2v) is 6.29. The van der Waals surface area contributed by atoms with Crippen molar-refractivity contribution in [3.63, 3.8) is 0 Å². The van der Waals surface area contributed by atoms with E-state index >= 15 is 0 Å². The number of nitrogens with zero attached hydrogens (tertiary/aromatic N) is 2. The van der Waals surface area contributed by atoms with Crippen molar-refractivity contribution in [1.29, 1.82) is 0 Å². The number of aromatic nitrogens is 2. The standard InChI is InChI=1S/C18H14F3N3O/c1-9-11(3-2-4-13(9)19)10-5-6-14-23-17(22)15(24(14)8-10)16(25)12-7-18(12,20)21/h2-6,8,12H,7,22H2,1H3/t12-/m0/s1. The molecule has 0 unspecified atom stereocenters. The van der Waals surface area contributed by atoms with Crippen molar-refractivity contribution >= 4 is 17.2 Å². The van der Waals surface area contributed by atoms with E-state index in [1.165, 1.54) is 10.5 Å². The molecule has 1 aliphatic carbocycles. The molecule has 2 heterocycles. The minimum Gasteiger partial charge on any atom is -0.382 e. The number of nitrogen functional groups attached to an aromatic ring is 1. The second-order valence-electron chi connectivity index (χ2n) is 6.29. The quantitative estimate of drug-likeness (QED) is 0.733. The highest BCUT2D eigenvalue weighted by Crippen LogP contribution is 2.50. The molecule has 0 bridgehead atoms. The lowest BCUT2D eigenvalue weighted by Crippen LogP contribution is -2.12. The van der Waals surface area contributed by atoms with Crippen LogP contribution in [0.25, 0.3) is 16.8 Å². The number of ketones is 1. The molecule has 128 valence electrons. The van der Waals surface area contributed by atoms with E-state index < -0.39 is 24.0 Å². The minimum atomic E-state index is -2.98. The first-order chi connectivity index (χ1) is 11.8. The SMILES string of the molecule is Cc1c(F)cccc1-c1ccc2nc(N)c(C(=O)[C@@H]3CC3(F)F)n2c1. The number of alkyl halides is 2. The number of hydrogen-bond donors (Lipinski definition) is 1. The lowest BCUT2D eigenvalue weighted by atomic mass is 10.0. The van der Waals surface area contributed by atoms with Gasteiger partial charge in [0.2, 0.25) is 0 Å². The fraction of sp³-hybridized carbons (Fsp3) is 0.222. The molecule has 0 spiro atoms. The Kier molecular flexibility index (Phi) is 3.19. The summed E-state index contributed by atoms with van der Waals surface area (Å²) in [6, 6.07) is 8.04. The van der Waals surface area contributed by atoms with Crippen molar-refractivity contribution in [2.45, 2.75) is 19.3 Å². The number of hydrogen-bond acceptors (Lipinski definition) is 3. The maximum Gasteiger partial charge on any atom is 0.259 e. The summed E-state index contributed by atoms with van der Waals surface area (Å²) in [5.74, 6) is -5.49. The third kappa shape index (κ3) is 2.38. The first-order valence-corrected chi connectivity index (χ1v) is 7.74. The van der Waals surface area contributed by atoms with Crippen LogP contribution in [0, 0.1) is 18.7 Å². The van der Waals surface area contributed by atoms with Gasteiger partial charge in [0.15, 0.2) is 11.6 Å². The molecule has 1 aromatic carbocycles. The summed E-state index contributed by atoms with van der Waals surface area (Å²) < 4.78 is 41.8. The Hall–Kier alpha value is -2.83. The number of carbonyl (C=O) groups is 1. The largest absolute Gasteiger partial charge is 0.382 e. The predicted molar refractivity (Wildman–Crippen MR) is 87.1 cm³/mol. The highest BCUT2D eigenvalue weighted by molar-refractivity contribution is 6.03. The molecule has 0 saturated heterocycles. The van der Waals surface area contributed by atoms with Gasteiger partial charge in [0.25, 0.3) is 5.92 Å². The van der Waals surface area contributed by atoms with Crippen LogP contribution in [0.15, 0.2) is 36.5 Å². The van der Waals surface area contributed by atoms with Gasteiger partial charge in [-0.1, -0.05) is 12.1 Å². The normalized spacial score (nSPS) is 18.5. The summed E-state index contributed by atoms with van der Waals surface area (Å²) in [7, 11) is 0. The second kappa shape index (κ2) is 5.08. The van der Waals surface area contributed by atoms with Crippen molar-refractivity contribution in [1.82, 2.24) is 9.38 Å². The van der Waals surface area contributed by atoms with Crippen molar-refractivity contribution < 1.29 is 18.0 Å². The van der Waals surface area contributed by atoms with Crippen molar-refractivity contribution in [2.75, 3.05) is 5.73 Å². The van der Waals surface area contributed by atoms with Crippen LogP contribution >= 0.6 is 0 Å². The summed E-state index contributed by atoms with van der Waals surface area (Å²) in [5, 5.41) is 0.